The first-order valence-electron chi connectivity index (χ1n) is 8.50. The number of hydrazone groups is 1. The van der Waals surface area contributed by atoms with E-state index in [4.69, 9.17) is 4.74 Å². The van der Waals surface area contributed by atoms with Gasteiger partial charge in [0.2, 0.25) is 0 Å². The van der Waals surface area contributed by atoms with E-state index in [9.17, 15) is 9.59 Å². The monoisotopic (exact) mass is 436 g/mol. The number of ether oxygens (including phenoxy) is 1. The van der Waals surface area contributed by atoms with Crippen LogP contribution in [-0.4, -0.2) is 18.1 Å². The summed E-state index contributed by atoms with van der Waals surface area (Å²) in [5.74, 6) is -0.454. The molecule has 3 aromatic carbocycles. The molecule has 0 aliphatic heterocycles. The third kappa shape index (κ3) is 5.14. The number of hydrogen-bond acceptors (Lipinski definition) is 4. The largest absolute Gasteiger partial charge is 0.422 e. The Hall–Kier alpha value is -3.25. The number of halogens is 1. The van der Waals surface area contributed by atoms with Crippen LogP contribution in [0.3, 0.4) is 0 Å². The fourth-order valence-electron chi connectivity index (χ4n) is 2.46. The van der Waals surface area contributed by atoms with Gasteiger partial charge in [0.1, 0.15) is 5.75 Å². The molecular formula is C22H17BrN2O3. The predicted molar refractivity (Wildman–Crippen MR) is 112 cm³/mol. The minimum Gasteiger partial charge on any atom is -0.422 e. The summed E-state index contributed by atoms with van der Waals surface area (Å²) < 4.78 is 6.27. The van der Waals surface area contributed by atoms with Gasteiger partial charge in [-0.2, -0.15) is 5.10 Å². The van der Waals surface area contributed by atoms with E-state index in [1.54, 1.807) is 54.6 Å². The number of rotatable bonds is 5. The Morgan fingerprint density at radius 3 is 2.46 bits per heavy atom. The van der Waals surface area contributed by atoms with Gasteiger partial charge in [-0.05, 0) is 49.4 Å². The number of carbonyl (C=O) groups excluding carboxylic acids is 2. The predicted octanol–water partition coefficient (Wildman–Crippen LogP) is 4.74. The lowest BCUT2D eigenvalue weighted by atomic mass is 10.1. The van der Waals surface area contributed by atoms with Crippen LogP contribution < -0.4 is 10.2 Å². The van der Waals surface area contributed by atoms with Crippen LogP contribution in [-0.2, 0) is 0 Å². The number of esters is 1. The standard InChI is InChI=1S/C22H17BrN2O3/c1-15-6-5-9-17(12-15)21(26)25-24-14-18-13-19(23)10-11-20(18)28-22(27)16-7-3-2-4-8-16/h2-14H,1H3,(H,25,26). The molecule has 0 unspecified atom stereocenters. The minimum absolute atomic E-state index is 0.322. The van der Waals surface area contributed by atoms with Gasteiger partial charge in [0.25, 0.3) is 5.91 Å². The topological polar surface area (TPSA) is 67.8 Å². The summed E-state index contributed by atoms with van der Waals surface area (Å²) in [7, 11) is 0. The zero-order chi connectivity index (χ0) is 19.9. The van der Waals surface area contributed by atoms with E-state index < -0.39 is 5.97 Å². The fourth-order valence-corrected chi connectivity index (χ4v) is 2.84. The molecule has 0 aliphatic carbocycles. The number of amides is 1. The van der Waals surface area contributed by atoms with E-state index >= 15 is 0 Å². The first-order valence-corrected chi connectivity index (χ1v) is 9.29. The van der Waals surface area contributed by atoms with Crippen molar-refractivity contribution in [2.45, 2.75) is 6.92 Å². The van der Waals surface area contributed by atoms with Crippen molar-refractivity contribution in [3.8, 4) is 5.75 Å². The Bertz CT molecular complexity index is 1030. The Morgan fingerprint density at radius 1 is 0.964 bits per heavy atom. The van der Waals surface area contributed by atoms with Crippen molar-refractivity contribution in [1.29, 1.82) is 0 Å². The van der Waals surface area contributed by atoms with Gasteiger partial charge < -0.3 is 4.74 Å². The second kappa shape index (κ2) is 9.10. The van der Waals surface area contributed by atoms with Gasteiger partial charge >= 0.3 is 5.97 Å². The third-order valence-electron chi connectivity index (χ3n) is 3.83. The van der Waals surface area contributed by atoms with Gasteiger partial charge in [-0.15, -0.1) is 0 Å². The molecule has 0 bridgehead atoms. The van der Waals surface area contributed by atoms with Crippen molar-refractivity contribution in [2.24, 2.45) is 5.10 Å². The molecule has 0 radical (unpaired) electrons. The van der Waals surface area contributed by atoms with E-state index in [1.807, 2.05) is 25.1 Å². The van der Waals surface area contributed by atoms with E-state index in [0.29, 0.717) is 22.4 Å². The zero-order valence-electron chi connectivity index (χ0n) is 15.1. The van der Waals surface area contributed by atoms with Gasteiger partial charge in [0.05, 0.1) is 11.8 Å². The van der Waals surface area contributed by atoms with Gasteiger partial charge in [-0.25, -0.2) is 10.2 Å². The summed E-state index contributed by atoms with van der Waals surface area (Å²) in [4.78, 5) is 24.5. The average Bonchev–Trinajstić information content (AvgIpc) is 2.70. The first-order chi connectivity index (χ1) is 13.5. The summed E-state index contributed by atoms with van der Waals surface area (Å²) in [6.45, 7) is 1.91. The van der Waals surface area contributed by atoms with Crippen LogP contribution in [0.1, 0.15) is 31.8 Å². The summed E-state index contributed by atoms with van der Waals surface area (Å²) in [6, 6.07) is 21.1. The minimum atomic E-state index is -0.471. The molecule has 0 saturated heterocycles. The van der Waals surface area contributed by atoms with Crippen LogP contribution in [0.5, 0.6) is 5.75 Å². The highest BCUT2D eigenvalue weighted by molar-refractivity contribution is 9.10. The molecular weight excluding hydrogens is 420 g/mol. The van der Waals surface area contributed by atoms with E-state index in [1.165, 1.54) is 6.21 Å². The molecule has 3 aromatic rings. The molecule has 0 fully saturated rings. The number of nitrogens with zero attached hydrogens (tertiary/aromatic N) is 1. The zero-order valence-corrected chi connectivity index (χ0v) is 16.6. The van der Waals surface area contributed by atoms with Crippen molar-refractivity contribution in [2.75, 3.05) is 0 Å². The lowest BCUT2D eigenvalue weighted by Gasteiger charge is -2.08. The second-order valence-electron chi connectivity index (χ2n) is 6.01. The highest BCUT2D eigenvalue weighted by Crippen LogP contribution is 2.23. The quantitative estimate of drug-likeness (QED) is 0.271. The van der Waals surface area contributed by atoms with Crippen LogP contribution in [0.25, 0.3) is 0 Å². The first kappa shape index (κ1) is 19.5. The SMILES string of the molecule is Cc1cccc(C(=O)NN=Cc2cc(Br)ccc2OC(=O)c2ccccc2)c1. The molecule has 140 valence electrons. The maximum atomic E-state index is 12.3. The van der Waals surface area contributed by atoms with Crippen molar-refractivity contribution in [3.63, 3.8) is 0 Å². The Kier molecular flexibility index (Phi) is 6.34. The van der Waals surface area contributed by atoms with Crippen molar-refractivity contribution in [3.05, 3.63) is 99.5 Å². The van der Waals surface area contributed by atoms with Gasteiger partial charge in [0, 0.05) is 15.6 Å². The van der Waals surface area contributed by atoms with Gasteiger partial charge in [-0.3, -0.25) is 4.79 Å². The van der Waals surface area contributed by atoms with Crippen LogP contribution in [0.4, 0.5) is 0 Å². The van der Waals surface area contributed by atoms with Crippen molar-refractivity contribution in [1.82, 2.24) is 5.43 Å². The van der Waals surface area contributed by atoms with E-state index in [2.05, 4.69) is 26.5 Å². The molecule has 0 aliphatic rings. The molecule has 3 rings (SSSR count). The molecule has 0 aromatic heterocycles. The number of hydrogen-bond donors (Lipinski definition) is 1. The highest BCUT2D eigenvalue weighted by atomic mass is 79.9. The number of nitrogens with one attached hydrogen (secondary N) is 1. The molecule has 6 heteroatoms. The van der Waals surface area contributed by atoms with Crippen molar-refractivity contribution < 1.29 is 14.3 Å². The normalized spacial score (nSPS) is 10.6. The molecule has 0 atom stereocenters. The summed E-state index contributed by atoms with van der Waals surface area (Å²) in [6.07, 6.45) is 1.44. The summed E-state index contributed by atoms with van der Waals surface area (Å²) in [5, 5.41) is 3.99. The maximum Gasteiger partial charge on any atom is 0.343 e. The highest BCUT2D eigenvalue weighted by Gasteiger charge is 2.11. The molecule has 1 amide bonds. The number of aryl methyl sites for hydroxylation is 1. The number of benzene rings is 3. The van der Waals surface area contributed by atoms with E-state index in [-0.39, 0.29) is 5.91 Å². The maximum absolute atomic E-state index is 12.3. The molecule has 0 heterocycles. The fraction of sp³-hybridized carbons (Fsp3) is 0.0455. The molecule has 28 heavy (non-hydrogen) atoms. The number of carbonyl (C=O) groups is 2. The Labute approximate surface area is 171 Å². The molecule has 5 nitrogen and oxygen atoms in total. The van der Waals surface area contributed by atoms with Crippen LogP contribution in [0.2, 0.25) is 0 Å². The molecule has 0 spiro atoms. The third-order valence-corrected chi connectivity index (χ3v) is 4.33. The Balaban J connectivity index is 1.74. The van der Waals surface area contributed by atoms with E-state index in [0.717, 1.165) is 10.0 Å². The molecule has 1 N–H and O–H groups in total. The smallest absolute Gasteiger partial charge is 0.343 e. The summed E-state index contributed by atoms with van der Waals surface area (Å²) >= 11 is 3.38. The van der Waals surface area contributed by atoms with Gasteiger partial charge in [-0.1, -0.05) is 51.8 Å². The second-order valence-corrected chi connectivity index (χ2v) is 6.92. The molecule has 0 saturated carbocycles. The van der Waals surface area contributed by atoms with Crippen LogP contribution in [0, 0.1) is 6.92 Å². The summed E-state index contributed by atoms with van der Waals surface area (Å²) in [5.41, 5.74) is 4.97. The van der Waals surface area contributed by atoms with Crippen LogP contribution in [0.15, 0.2) is 82.4 Å². The lowest BCUT2D eigenvalue weighted by Crippen LogP contribution is -2.17. The Morgan fingerprint density at radius 2 is 1.71 bits per heavy atom. The van der Waals surface area contributed by atoms with Crippen molar-refractivity contribution >= 4 is 34.0 Å². The van der Waals surface area contributed by atoms with Gasteiger partial charge in [0.15, 0.2) is 0 Å². The lowest BCUT2D eigenvalue weighted by molar-refractivity contribution is 0.0734. The van der Waals surface area contributed by atoms with Crippen LogP contribution >= 0.6 is 15.9 Å². The average molecular weight is 437 g/mol.